The molecule has 0 saturated heterocycles. The Morgan fingerprint density at radius 2 is 1.48 bits per heavy atom. The molecule has 114 valence electrons. The Morgan fingerprint density at radius 3 is 2.05 bits per heavy atom. The normalized spacial score (nSPS) is 11.1. The Kier molecular flexibility index (Phi) is 4.51. The van der Waals surface area contributed by atoms with E-state index in [4.69, 9.17) is 4.42 Å². The molecule has 1 N–H and O–H groups in total. The molecule has 1 heterocycles. The third-order valence-electron chi connectivity index (χ3n) is 2.71. The topological polar surface area (TPSA) is 51.0 Å². The van der Waals surface area contributed by atoms with E-state index in [9.17, 15) is 22.0 Å². The number of rotatable bonds is 5. The van der Waals surface area contributed by atoms with Crippen LogP contribution in [0.4, 0.5) is 22.0 Å². The van der Waals surface area contributed by atoms with Crippen molar-refractivity contribution < 1.29 is 26.4 Å². The van der Waals surface area contributed by atoms with Gasteiger partial charge in [0.05, 0.1) is 0 Å². The number of halogens is 5. The maximum absolute atomic E-state index is 13.5. The van der Waals surface area contributed by atoms with Crippen LogP contribution in [0.1, 0.15) is 12.3 Å². The van der Waals surface area contributed by atoms with E-state index in [0.717, 1.165) is 0 Å². The van der Waals surface area contributed by atoms with E-state index in [2.05, 4.69) is 15.5 Å². The average molecular weight is 307 g/mol. The average Bonchev–Trinajstić information content (AvgIpc) is 2.92. The van der Waals surface area contributed by atoms with Crippen molar-refractivity contribution in [3.63, 3.8) is 0 Å². The first-order valence-electron chi connectivity index (χ1n) is 5.96. The zero-order valence-electron chi connectivity index (χ0n) is 10.8. The Bertz CT molecular complexity index is 630. The lowest BCUT2D eigenvalue weighted by molar-refractivity contribution is 0.377. The molecule has 0 aliphatic carbocycles. The molecule has 0 fully saturated rings. The number of nitrogens with one attached hydrogen (secondary N) is 1. The first-order valence-corrected chi connectivity index (χ1v) is 5.96. The minimum Gasteiger partial charge on any atom is -0.420 e. The molecule has 0 saturated carbocycles. The van der Waals surface area contributed by atoms with E-state index >= 15 is 0 Å². The zero-order valence-corrected chi connectivity index (χ0v) is 10.8. The van der Waals surface area contributed by atoms with Gasteiger partial charge in [-0.15, -0.1) is 10.2 Å². The highest BCUT2D eigenvalue weighted by atomic mass is 19.2. The molecular weight excluding hydrogens is 297 g/mol. The Balaban J connectivity index is 2.39. The highest BCUT2D eigenvalue weighted by Crippen LogP contribution is 2.30. The molecule has 2 rings (SSSR count). The van der Waals surface area contributed by atoms with Gasteiger partial charge in [0.1, 0.15) is 5.56 Å². The van der Waals surface area contributed by atoms with Gasteiger partial charge in [-0.05, 0) is 20.0 Å². The van der Waals surface area contributed by atoms with Gasteiger partial charge >= 0.3 is 0 Å². The summed E-state index contributed by atoms with van der Waals surface area (Å²) in [6.45, 7) is 0.639. The molecule has 0 radical (unpaired) electrons. The van der Waals surface area contributed by atoms with Crippen molar-refractivity contribution in [2.45, 2.75) is 12.8 Å². The molecule has 1 aromatic heterocycles. The summed E-state index contributed by atoms with van der Waals surface area (Å²) in [7, 11) is 1.73. The van der Waals surface area contributed by atoms with Gasteiger partial charge < -0.3 is 9.73 Å². The lowest BCUT2D eigenvalue weighted by Crippen LogP contribution is -2.08. The van der Waals surface area contributed by atoms with Crippen molar-refractivity contribution in [2.24, 2.45) is 0 Å². The molecule has 1 aromatic carbocycles. The first kappa shape index (κ1) is 15.4. The molecular formula is C12H10F5N3O. The van der Waals surface area contributed by atoms with Crippen molar-refractivity contribution in [2.75, 3.05) is 13.6 Å². The molecule has 0 amide bonds. The van der Waals surface area contributed by atoms with E-state index in [1.54, 1.807) is 7.05 Å². The van der Waals surface area contributed by atoms with Crippen molar-refractivity contribution in [1.82, 2.24) is 15.5 Å². The molecule has 9 heteroatoms. The smallest absolute Gasteiger partial charge is 0.253 e. The number of hydrogen-bond acceptors (Lipinski definition) is 4. The summed E-state index contributed by atoms with van der Waals surface area (Å²) < 4.78 is 71.1. The van der Waals surface area contributed by atoms with Crippen LogP contribution >= 0.6 is 0 Å². The van der Waals surface area contributed by atoms with Crippen LogP contribution in [0.25, 0.3) is 11.5 Å². The highest BCUT2D eigenvalue weighted by Gasteiger charge is 2.29. The fourth-order valence-electron chi connectivity index (χ4n) is 1.66. The second kappa shape index (κ2) is 6.17. The molecule has 2 aromatic rings. The van der Waals surface area contributed by atoms with Crippen LogP contribution in [0.2, 0.25) is 0 Å². The van der Waals surface area contributed by atoms with Gasteiger partial charge in [0.15, 0.2) is 23.3 Å². The highest BCUT2D eigenvalue weighted by molar-refractivity contribution is 5.55. The van der Waals surface area contributed by atoms with Crippen LogP contribution in [0.15, 0.2) is 4.42 Å². The Hall–Kier alpha value is -2.03. The molecule has 21 heavy (non-hydrogen) atoms. The number of aryl methyl sites for hydroxylation is 1. The summed E-state index contributed by atoms with van der Waals surface area (Å²) >= 11 is 0. The molecule has 4 nitrogen and oxygen atoms in total. The summed E-state index contributed by atoms with van der Waals surface area (Å²) in [4.78, 5) is 0. The minimum atomic E-state index is -2.23. The number of benzene rings is 1. The standard InChI is InChI=1S/C12H10F5N3O/c1-18-4-2-3-5-19-20-12(21-5)6-7(13)9(15)11(17)10(16)8(6)14/h18H,2-4H2,1H3. The van der Waals surface area contributed by atoms with Crippen molar-refractivity contribution in [3.8, 4) is 11.5 Å². The van der Waals surface area contributed by atoms with E-state index in [-0.39, 0.29) is 5.89 Å². The molecule has 0 aliphatic rings. The third-order valence-corrected chi connectivity index (χ3v) is 2.71. The van der Waals surface area contributed by atoms with Crippen LogP contribution in [0.5, 0.6) is 0 Å². The monoisotopic (exact) mass is 307 g/mol. The number of nitrogens with zero attached hydrogens (tertiary/aromatic N) is 2. The maximum Gasteiger partial charge on any atom is 0.253 e. The number of hydrogen-bond donors (Lipinski definition) is 1. The molecule has 0 aliphatic heterocycles. The Morgan fingerprint density at radius 1 is 0.905 bits per heavy atom. The Labute approximate surface area is 116 Å². The lowest BCUT2D eigenvalue weighted by atomic mass is 10.1. The van der Waals surface area contributed by atoms with Gasteiger partial charge in [0.25, 0.3) is 5.89 Å². The fraction of sp³-hybridized carbons (Fsp3) is 0.333. The summed E-state index contributed by atoms with van der Waals surface area (Å²) in [5, 5.41) is 9.70. The van der Waals surface area contributed by atoms with Gasteiger partial charge in [-0.3, -0.25) is 0 Å². The van der Waals surface area contributed by atoms with Gasteiger partial charge in [-0.2, -0.15) is 0 Å². The van der Waals surface area contributed by atoms with Crippen molar-refractivity contribution in [3.05, 3.63) is 35.0 Å². The van der Waals surface area contributed by atoms with Crippen LogP contribution in [-0.4, -0.2) is 23.8 Å². The maximum atomic E-state index is 13.5. The molecule has 0 spiro atoms. The van der Waals surface area contributed by atoms with Gasteiger partial charge in [-0.1, -0.05) is 0 Å². The third kappa shape index (κ3) is 2.87. The van der Waals surface area contributed by atoms with E-state index in [0.29, 0.717) is 19.4 Å². The summed E-state index contributed by atoms with van der Waals surface area (Å²) in [6, 6.07) is 0. The number of aromatic nitrogens is 2. The van der Waals surface area contributed by atoms with Gasteiger partial charge in [0, 0.05) is 6.42 Å². The predicted octanol–water partition coefficient (Wildman–Crippen LogP) is 2.58. The quantitative estimate of drug-likeness (QED) is 0.399. The largest absolute Gasteiger partial charge is 0.420 e. The summed E-state index contributed by atoms with van der Waals surface area (Å²) in [5.74, 6) is -11.1. The van der Waals surface area contributed by atoms with Gasteiger partial charge in [-0.25, -0.2) is 22.0 Å². The second-order valence-corrected chi connectivity index (χ2v) is 4.15. The van der Waals surface area contributed by atoms with Crippen molar-refractivity contribution in [1.29, 1.82) is 0 Å². The van der Waals surface area contributed by atoms with E-state index in [1.165, 1.54) is 0 Å². The lowest BCUT2D eigenvalue weighted by Gasteiger charge is -2.04. The van der Waals surface area contributed by atoms with Crippen LogP contribution in [0.3, 0.4) is 0 Å². The fourth-order valence-corrected chi connectivity index (χ4v) is 1.66. The molecule has 0 bridgehead atoms. The van der Waals surface area contributed by atoms with Crippen LogP contribution < -0.4 is 5.32 Å². The van der Waals surface area contributed by atoms with Crippen molar-refractivity contribution >= 4 is 0 Å². The van der Waals surface area contributed by atoms with Crippen LogP contribution in [0, 0.1) is 29.1 Å². The summed E-state index contributed by atoms with van der Waals surface area (Å²) in [5.41, 5.74) is -1.22. The van der Waals surface area contributed by atoms with E-state index in [1.807, 2.05) is 0 Å². The minimum absolute atomic E-state index is 0.0455. The molecule has 0 atom stereocenters. The van der Waals surface area contributed by atoms with Crippen LogP contribution in [-0.2, 0) is 6.42 Å². The van der Waals surface area contributed by atoms with Gasteiger partial charge in [0.2, 0.25) is 11.7 Å². The SMILES string of the molecule is CNCCCc1nnc(-c2c(F)c(F)c(F)c(F)c2F)o1. The van der Waals surface area contributed by atoms with E-state index < -0.39 is 40.5 Å². The predicted molar refractivity (Wildman–Crippen MR) is 61.8 cm³/mol. The summed E-state index contributed by atoms with van der Waals surface area (Å²) in [6.07, 6.45) is 0.915. The first-order chi connectivity index (χ1) is 9.97. The second-order valence-electron chi connectivity index (χ2n) is 4.15. The molecule has 0 unspecified atom stereocenters. The zero-order chi connectivity index (χ0) is 15.6.